The average molecular weight is 514 g/mol. The number of thioether (sulfide) groups is 1. The summed E-state index contributed by atoms with van der Waals surface area (Å²) in [6.07, 6.45) is 0. The Kier molecular flexibility index (Phi) is 6.75. The van der Waals surface area contributed by atoms with Crippen molar-refractivity contribution in [1.29, 1.82) is 0 Å². The smallest absolute Gasteiger partial charge is 0.234 e. The molecule has 31 heavy (non-hydrogen) atoms. The van der Waals surface area contributed by atoms with E-state index in [1.165, 1.54) is 11.8 Å². The van der Waals surface area contributed by atoms with Crippen LogP contribution in [0.2, 0.25) is 5.02 Å². The number of nitrogens with zero attached hydrogens (tertiary/aromatic N) is 3. The number of nitrogens with one attached hydrogen (secondary N) is 1. The third-order valence-corrected chi connectivity index (χ3v) is 6.56. The van der Waals surface area contributed by atoms with Gasteiger partial charge >= 0.3 is 0 Å². The minimum Gasteiger partial charge on any atom is -0.325 e. The molecule has 0 aliphatic carbocycles. The van der Waals surface area contributed by atoms with Gasteiger partial charge < -0.3 is 5.32 Å². The highest BCUT2D eigenvalue weighted by Gasteiger charge is 2.17. The Labute approximate surface area is 198 Å². The Bertz CT molecular complexity index is 1230. The monoisotopic (exact) mass is 512 g/mol. The molecule has 0 spiro atoms. The second-order valence-electron chi connectivity index (χ2n) is 6.79. The number of aromatic nitrogens is 3. The topological polar surface area (TPSA) is 59.8 Å². The number of benzene rings is 3. The molecule has 1 heterocycles. The molecular weight excluding hydrogens is 496 g/mol. The summed E-state index contributed by atoms with van der Waals surface area (Å²) in [4.78, 5) is 12.5. The molecule has 5 nitrogen and oxygen atoms in total. The maximum absolute atomic E-state index is 12.5. The molecule has 0 saturated carbocycles. The first kappa shape index (κ1) is 21.6. The van der Waals surface area contributed by atoms with E-state index in [1.807, 2.05) is 84.3 Å². The Morgan fingerprint density at radius 3 is 2.61 bits per heavy atom. The fourth-order valence-electron chi connectivity index (χ4n) is 3.04. The summed E-state index contributed by atoms with van der Waals surface area (Å²) in [5.41, 5.74) is 3.58. The van der Waals surface area contributed by atoms with E-state index in [0.717, 1.165) is 27.0 Å². The lowest BCUT2D eigenvalue weighted by Crippen LogP contribution is -2.14. The van der Waals surface area contributed by atoms with Crippen LogP contribution in [0.1, 0.15) is 5.56 Å². The molecule has 0 fully saturated rings. The molecule has 0 bridgehead atoms. The second kappa shape index (κ2) is 9.68. The van der Waals surface area contributed by atoms with Gasteiger partial charge in [-0.05, 0) is 55.0 Å². The Hall–Kier alpha value is -2.61. The molecule has 1 aromatic heterocycles. The number of carbonyl (C=O) groups excluding carboxylic acids is 1. The number of halogens is 2. The number of hydrogen-bond donors (Lipinski definition) is 1. The molecule has 0 atom stereocenters. The summed E-state index contributed by atoms with van der Waals surface area (Å²) in [5, 5.41) is 12.9. The lowest BCUT2D eigenvalue weighted by atomic mass is 10.2. The normalized spacial score (nSPS) is 10.8. The van der Waals surface area contributed by atoms with Crippen LogP contribution in [0.15, 0.2) is 82.4 Å². The predicted octanol–water partition coefficient (Wildman–Crippen LogP) is 6.39. The summed E-state index contributed by atoms with van der Waals surface area (Å²) >= 11 is 11.0. The first-order chi connectivity index (χ1) is 15.0. The van der Waals surface area contributed by atoms with E-state index in [9.17, 15) is 4.79 Å². The number of carbonyl (C=O) groups is 1. The summed E-state index contributed by atoms with van der Waals surface area (Å²) in [5.74, 6) is 0.758. The Balaban J connectivity index is 1.58. The number of para-hydroxylation sites is 1. The fraction of sp³-hybridized carbons (Fsp3) is 0.0870. The quantitative estimate of drug-likeness (QED) is 0.304. The first-order valence-electron chi connectivity index (χ1n) is 9.47. The van der Waals surface area contributed by atoms with E-state index in [4.69, 9.17) is 11.6 Å². The number of rotatable bonds is 6. The summed E-state index contributed by atoms with van der Waals surface area (Å²) in [6, 6.07) is 23.0. The molecule has 0 aliphatic rings. The zero-order valence-corrected chi connectivity index (χ0v) is 19.7. The van der Waals surface area contributed by atoms with Crippen molar-refractivity contribution < 1.29 is 4.79 Å². The van der Waals surface area contributed by atoms with Gasteiger partial charge in [0.25, 0.3) is 0 Å². The van der Waals surface area contributed by atoms with Gasteiger partial charge in [0.15, 0.2) is 11.0 Å². The maximum Gasteiger partial charge on any atom is 0.234 e. The predicted molar refractivity (Wildman–Crippen MR) is 130 cm³/mol. The van der Waals surface area contributed by atoms with Gasteiger partial charge in [0.05, 0.1) is 5.75 Å². The van der Waals surface area contributed by atoms with Gasteiger partial charge in [-0.3, -0.25) is 9.36 Å². The number of hydrogen-bond acceptors (Lipinski definition) is 4. The SMILES string of the molecule is Cc1cc(NC(=O)CSc2nnc(-c3cccc(Cl)c3)n2-c2ccccc2)ccc1Br. The molecule has 3 aromatic carbocycles. The summed E-state index contributed by atoms with van der Waals surface area (Å²) < 4.78 is 2.94. The van der Waals surface area contributed by atoms with Crippen molar-refractivity contribution in [2.24, 2.45) is 0 Å². The standard InChI is InChI=1S/C23H18BrClN4OS/c1-15-12-18(10-11-20(15)24)26-21(30)14-31-23-28-27-22(16-6-5-7-17(25)13-16)29(23)19-8-3-2-4-9-19/h2-13H,14H2,1H3,(H,26,30). The molecule has 1 amide bonds. The molecule has 0 aliphatic heterocycles. The van der Waals surface area contributed by atoms with Crippen molar-refractivity contribution in [2.75, 3.05) is 11.1 Å². The third kappa shape index (κ3) is 5.18. The Morgan fingerprint density at radius 1 is 1.06 bits per heavy atom. The van der Waals surface area contributed by atoms with E-state index in [-0.39, 0.29) is 11.7 Å². The van der Waals surface area contributed by atoms with Crippen LogP contribution in [0.4, 0.5) is 5.69 Å². The Morgan fingerprint density at radius 2 is 1.87 bits per heavy atom. The van der Waals surface area contributed by atoms with E-state index >= 15 is 0 Å². The van der Waals surface area contributed by atoms with Crippen molar-refractivity contribution in [2.45, 2.75) is 12.1 Å². The van der Waals surface area contributed by atoms with Crippen molar-refractivity contribution in [3.05, 3.63) is 87.9 Å². The number of aryl methyl sites for hydroxylation is 1. The lowest BCUT2D eigenvalue weighted by Gasteiger charge is -2.11. The number of amides is 1. The highest BCUT2D eigenvalue weighted by molar-refractivity contribution is 9.10. The average Bonchev–Trinajstić information content (AvgIpc) is 3.19. The van der Waals surface area contributed by atoms with Crippen LogP contribution in [0.3, 0.4) is 0 Å². The summed E-state index contributed by atoms with van der Waals surface area (Å²) in [6.45, 7) is 1.98. The molecule has 156 valence electrons. The molecule has 0 unspecified atom stereocenters. The largest absolute Gasteiger partial charge is 0.325 e. The highest BCUT2D eigenvalue weighted by atomic mass is 79.9. The zero-order valence-electron chi connectivity index (χ0n) is 16.5. The van der Waals surface area contributed by atoms with E-state index < -0.39 is 0 Å². The van der Waals surface area contributed by atoms with Crippen molar-refractivity contribution >= 4 is 50.9 Å². The minimum atomic E-state index is -0.112. The van der Waals surface area contributed by atoms with Gasteiger partial charge in [-0.1, -0.05) is 69.6 Å². The summed E-state index contributed by atoms with van der Waals surface area (Å²) in [7, 11) is 0. The van der Waals surface area contributed by atoms with Crippen LogP contribution in [0, 0.1) is 6.92 Å². The van der Waals surface area contributed by atoms with Crippen LogP contribution in [-0.4, -0.2) is 26.4 Å². The molecular formula is C23H18BrClN4OS. The molecule has 1 N–H and O–H groups in total. The van der Waals surface area contributed by atoms with E-state index in [2.05, 4.69) is 31.4 Å². The zero-order chi connectivity index (χ0) is 21.8. The molecule has 4 rings (SSSR count). The van der Waals surface area contributed by atoms with Crippen LogP contribution in [0.25, 0.3) is 17.1 Å². The van der Waals surface area contributed by atoms with Crippen molar-refractivity contribution in [1.82, 2.24) is 14.8 Å². The van der Waals surface area contributed by atoms with Gasteiger partial charge in [0.2, 0.25) is 5.91 Å². The van der Waals surface area contributed by atoms with Crippen LogP contribution in [0.5, 0.6) is 0 Å². The highest BCUT2D eigenvalue weighted by Crippen LogP contribution is 2.29. The van der Waals surface area contributed by atoms with Crippen LogP contribution >= 0.6 is 39.3 Å². The lowest BCUT2D eigenvalue weighted by molar-refractivity contribution is -0.113. The fourth-order valence-corrected chi connectivity index (χ4v) is 4.23. The second-order valence-corrected chi connectivity index (χ2v) is 9.02. The van der Waals surface area contributed by atoms with E-state index in [1.54, 1.807) is 0 Å². The number of anilines is 1. The van der Waals surface area contributed by atoms with Gasteiger partial charge in [0.1, 0.15) is 0 Å². The minimum absolute atomic E-state index is 0.112. The van der Waals surface area contributed by atoms with Gasteiger partial charge in [-0.15, -0.1) is 10.2 Å². The maximum atomic E-state index is 12.5. The van der Waals surface area contributed by atoms with Crippen LogP contribution < -0.4 is 5.32 Å². The van der Waals surface area contributed by atoms with Crippen molar-refractivity contribution in [3.63, 3.8) is 0 Å². The van der Waals surface area contributed by atoms with Gasteiger partial charge in [-0.2, -0.15) is 0 Å². The van der Waals surface area contributed by atoms with Gasteiger partial charge in [0, 0.05) is 26.4 Å². The molecule has 8 heteroatoms. The van der Waals surface area contributed by atoms with Crippen molar-refractivity contribution in [3.8, 4) is 17.1 Å². The molecule has 0 saturated heterocycles. The van der Waals surface area contributed by atoms with E-state index in [0.29, 0.717) is 16.0 Å². The first-order valence-corrected chi connectivity index (χ1v) is 11.6. The molecule has 0 radical (unpaired) electrons. The third-order valence-electron chi connectivity index (χ3n) is 4.50. The van der Waals surface area contributed by atoms with Gasteiger partial charge in [-0.25, -0.2) is 0 Å². The molecule has 4 aromatic rings. The van der Waals surface area contributed by atoms with Crippen LogP contribution in [-0.2, 0) is 4.79 Å².